The smallest absolute Gasteiger partial charge is 0.134 e. The minimum atomic E-state index is 0.0698. The molecule has 0 bridgehead atoms. The van der Waals surface area contributed by atoms with Crippen LogP contribution in [0.15, 0.2) is 53.2 Å². The van der Waals surface area contributed by atoms with Crippen molar-refractivity contribution in [2.75, 3.05) is 6.54 Å². The van der Waals surface area contributed by atoms with E-state index in [4.69, 9.17) is 4.42 Å². The zero-order valence-electron chi connectivity index (χ0n) is 12.5. The van der Waals surface area contributed by atoms with Crippen LogP contribution < -0.4 is 5.32 Å². The highest BCUT2D eigenvalue weighted by Gasteiger charge is 2.19. The van der Waals surface area contributed by atoms with Gasteiger partial charge in [0.1, 0.15) is 11.3 Å². The Balaban J connectivity index is 2.04. The van der Waals surface area contributed by atoms with Gasteiger partial charge in [-0.25, -0.2) is 0 Å². The number of nitrogens with zero attached hydrogens (tertiary/aromatic N) is 1. The Morgan fingerprint density at radius 1 is 1.24 bits per heavy atom. The molecule has 0 saturated heterocycles. The van der Waals surface area contributed by atoms with Gasteiger partial charge in [-0.05, 0) is 49.2 Å². The summed E-state index contributed by atoms with van der Waals surface area (Å²) in [4.78, 5) is 4.19. The van der Waals surface area contributed by atoms with Gasteiger partial charge in [-0.1, -0.05) is 25.1 Å². The molecule has 3 rings (SSSR count). The number of aromatic nitrogens is 1. The van der Waals surface area contributed by atoms with Crippen molar-refractivity contribution in [1.82, 2.24) is 10.3 Å². The average Bonchev–Trinajstić information content (AvgIpc) is 2.93. The monoisotopic (exact) mass is 280 g/mol. The van der Waals surface area contributed by atoms with Crippen molar-refractivity contribution in [2.45, 2.75) is 26.3 Å². The van der Waals surface area contributed by atoms with E-state index in [2.05, 4.69) is 42.3 Å². The van der Waals surface area contributed by atoms with Gasteiger partial charge in [-0.15, -0.1) is 0 Å². The molecule has 0 amide bonds. The number of pyridine rings is 1. The van der Waals surface area contributed by atoms with Crippen molar-refractivity contribution in [1.29, 1.82) is 0 Å². The van der Waals surface area contributed by atoms with E-state index in [1.807, 2.05) is 30.6 Å². The Kier molecular flexibility index (Phi) is 4.02. The molecule has 2 aromatic heterocycles. The zero-order valence-corrected chi connectivity index (χ0v) is 12.5. The number of para-hydroxylation sites is 1. The van der Waals surface area contributed by atoms with E-state index in [0.717, 1.165) is 29.7 Å². The van der Waals surface area contributed by atoms with Crippen molar-refractivity contribution in [3.8, 4) is 0 Å². The van der Waals surface area contributed by atoms with Gasteiger partial charge in [0.15, 0.2) is 0 Å². The van der Waals surface area contributed by atoms with Crippen LogP contribution in [0.5, 0.6) is 0 Å². The molecule has 1 unspecified atom stereocenters. The molecule has 0 spiro atoms. The Bertz CT molecular complexity index is 700. The third-order valence-corrected chi connectivity index (χ3v) is 3.70. The number of fused-ring (bicyclic) bond motifs is 1. The van der Waals surface area contributed by atoms with Gasteiger partial charge in [0.05, 0.1) is 6.04 Å². The van der Waals surface area contributed by atoms with Crippen molar-refractivity contribution in [3.63, 3.8) is 0 Å². The Labute approximate surface area is 125 Å². The van der Waals surface area contributed by atoms with E-state index < -0.39 is 0 Å². The second kappa shape index (κ2) is 6.10. The van der Waals surface area contributed by atoms with Crippen LogP contribution in [0, 0.1) is 6.92 Å². The molecule has 108 valence electrons. The van der Waals surface area contributed by atoms with Crippen LogP contribution >= 0.6 is 0 Å². The summed E-state index contributed by atoms with van der Waals surface area (Å²) in [6, 6.07) is 12.4. The topological polar surface area (TPSA) is 38.1 Å². The largest absolute Gasteiger partial charge is 0.459 e. The first kappa shape index (κ1) is 13.8. The minimum Gasteiger partial charge on any atom is -0.459 e. The SMILES string of the molecule is CCCNC(c1cc2ccccc2o1)c1ccncc1C. The predicted molar refractivity (Wildman–Crippen MR) is 85.3 cm³/mol. The third-order valence-electron chi connectivity index (χ3n) is 3.70. The number of hydrogen-bond donors (Lipinski definition) is 1. The summed E-state index contributed by atoms with van der Waals surface area (Å²) in [5.74, 6) is 0.957. The van der Waals surface area contributed by atoms with Gasteiger partial charge in [-0.3, -0.25) is 4.98 Å². The van der Waals surface area contributed by atoms with Gasteiger partial charge >= 0.3 is 0 Å². The lowest BCUT2D eigenvalue weighted by molar-refractivity contribution is 0.468. The van der Waals surface area contributed by atoms with E-state index in [-0.39, 0.29) is 6.04 Å². The first-order valence-corrected chi connectivity index (χ1v) is 7.42. The summed E-state index contributed by atoms with van der Waals surface area (Å²) in [6.45, 7) is 5.21. The van der Waals surface area contributed by atoms with E-state index in [1.54, 1.807) is 0 Å². The van der Waals surface area contributed by atoms with Crippen LogP contribution in [0.4, 0.5) is 0 Å². The lowest BCUT2D eigenvalue weighted by atomic mass is 10.0. The first-order chi connectivity index (χ1) is 10.3. The molecule has 0 aliphatic rings. The quantitative estimate of drug-likeness (QED) is 0.760. The molecule has 1 atom stereocenters. The fourth-order valence-corrected chi connectivity index (χ4v) is 2.61. The highest BCUT2D eigenvalue weighted by Crippen LogP contribution is 2.29. The van der Waals surface area contributed by atoms with Gasteiger partial charge in [-0.2, -0.15) is 0 Å². The lowest BCUT2D eigenvalue weighted by Crippen LogP contribution is -2.23. The standard InChI is InChI=1S/C18H20N2O/c1-3-9-20-18(15-8-10-19-12-13(15)2)17-11-14-6-4-5-7-16(14)21-17/h4-8,10-12,18,20H,3,9H2,1-2H3. The maximum atomic E-state index is 6.05. The van der Waals surface area contributed by atoms with Gasteiger partial charge in [0, 0.05) is 17.8 Å². The van der Waals surface area contributed by atoms with Gasteiger partial charge in [0.2, 0.25) is 0 Å². The molecule has 0 aliphatic heterocycles. The van der Waals surface area contributed by atoms with Crippen molar-refractivity contribution < 1.29 is 4.42 Å². The molecule has 1 aromatic carbocycles. The molecular weight excluding hydrogens is 260 g/mol. The highest BCUT2D eigenvalue weighted by atomic mass is 16.3. The lowest BCUT2D eigenvalue weighted by Gasteiger charge is -2.18. The second-order valence-electron chi connectivity index (χ2n) is 5.31. The summed E-state index contributed by atoms with van der Waals surface area (Å²) in [5.41, 5.74) is 3.33. The number of furan rings is 1. The fourth-order valence-electron chi connectivity index (χ4n) is 2.61. The van der Waals surface area contributed by atoms with E-state index in [1.165, 1.54) is 11.1 Å². The summed E-state index contributed by atoms with van der Waals surface area (Å²) in [6.07, 6.45) is 4.82. The Morgan fingerprint density at radius 3 is 2.86 bits per heavy atom. The predicted octanol–water partition coefficient (Wildman–Crippen LogP) is 4.23. The molecule has 3 nitrogen and oxygen atoms in total. The molecule has 3 heteroatoms. The molecule has 0 radical (unpaired) electrons. The number of nitrogens with one attached hydrogen (secondary N) is 1. The van der Waals surface area contributed by atoms with Crippen LogP contribution in [-0.4, -0.2) is 11.5 Å². The van der Waals surface area contributed by atoms with Crippen LogP contribution in [0.2, 0.25) is 0 Å². The Hall–Kier alpha value is -2.13. The molecular formula is C18H20N2O. The van der Waals surface area contributed by atoms with Crippen molar-refractivity contribution in [2.24, 2.45) is 0 Å². The molecule has 0 aliphatic carbocycles. The molecule has 0 fully saturated rings. The Morgan fingerprint density at radius 2 is 2.10 bits per heavy atom. The maximum absolute atomic E-state index is 6.05. The molecule has 21 heavy (non-hydrogen) atoms. The summed E-state index contributed by atoms with van der Waals surface area (Å²) in [7, 11) is 0. The van der Waals surface area contributed by atoms with Crippen LogP contribution in [0.25, 0.3) is 11.0 Å². The molecule has 3 aromatic rings. The molecule has 2 heterocycles. The fraction of sp³-hybridized carbons (Fsp3) is 0.278. The van der Waals surface area contributed by atoms with E-state index >= 15 is 0 Å². The first-order valence-electron chi connectivity index (χ1n) is 7.42. The van der Waals surface area contributed by atoms with Crippen LogP contribution in [0.1, 0.15) is 36.3 Å². The van der Waals surface area contributed by atoms with Crippen LogP contribution in [0.3, 0.4) is 0 Å². The van der Waals surface area contributed by atoms with Crippen molar-refractivity contribution in [3.05, 3.63) is 65.7 Å². The summed E-state index contributed by atoms with van der Waals surface area (Å²) >= 11 is 0. The summed E-state index contributed by atoms with van der Waals surface area (Å²) in [5, 5.41) is 4.72. The zero-order chi connectivity index (χ0) is 14.7. The maximum Gasteiger partial charge on any atom is 0.134 e. The molecule has 0 saturated carbocycles. The van der Waals surface area contributed by atoms with Crippen molar-refractivity contribution >= 4 is 11.0 Å². The number of hydrogen-bond acceptors (Lipinski definition) is 3. The van der Waals surface area contributed by atoms with Gasteiger partial charge in [0.25, 0.3) is 0 Å². The number of benzene rings is 1. The number of aryl methyl sites for hydroxylation is 1. The van der Waals surface area contributed by atoms with E-state index in [9.17, 15) is 0 Å². The third kappa shape index (κ3) is 2.83. The molecule has 1 N–H and O–H groups in total. The van der Waals surface area contributed by atoms with E-state index in [0.29, 0.717) is 0 Å². The normalized spacial score (nSPS) is 12.7. The van der Waals surface area contributed by atoms with Gasteiger partial charge < -0.3 is 9.73 Å². The van der Waals surface area contributed by atoms with Crippen LogP contribution in [-0.2, 0) is 0 Å². The minimum absolute atomic E-state index is 0.0698. The second-order valence-corrected chi connectivity index (χ2v) is 5.31. The number of rotatable bonds is 5. The summed E-state index contributed by atoms with van der Waals surface area (Å²) < 4.78 is 6.05. The highest BCUT2D eigenvalue weighted by molar-refractivity contribution is 5.78. The average molecular weight is 280 g/mol.